The van der Waals surface area contributed by atoms with E-state index in [2.05, 4.69) is 5.32 Å². The first kappa shape index (κ1) is 18.0. The fourth-order valence-corrected chi connectivity index (χ4v) is 1.73. The summed E-state index contributed by atoms with van der Waals surface area (Å²) in [4.78, 5) is 22.9. The number of nitrogens with one attached hydrogen (secondary N) is 1. The lowest BCUT2D eigenvalue weighted by molar-refractivity contribution is -0.137. The van der Waals surface area contributed by atoms with Crippen LogP contribution in [-0.2, 0) is 16.0 Å². The molecular weight excluding hydrogens is 282 g/mol. The molecule has 5 heteroatoms. The van der Waals surface area contributed by atoms with Crippen LogP contribution in [0, 0.1) is 5.41 Å². The van der Waals surface area contributed by atoms with Crippen molar-refractivity contribution in [3.63, 3.8) is 0 Å². The topological polar surface area (TPSA) is 75.6 Å². The van der Waals surface area contributed by atoms with Crippen molar-refractivity contribution >= 4 is 17.6 Å². The second-order valence-corrected chi connectivity index (χ2v) is 6.28. The van der Waals surface area contributed by atoms with E-state index in [-0.39, 0.29) is 12.3 Å². The Morgan fingerprint density at radius 1 is 1.27 bits per heavy atom. The molecule has 1 amide bonds. The second-order valence-electron chi connectivity index (χ2n) is 6.28. The number of rotatable bonds is 7. The van der Waals surface area contributed by atoms with Gasteiger partial charge >= 0.3 is 5.97 Å². The number of hydrogen-bond acceptors (Lipinski definition) is 3. The number of aliphatic carboxylic acids is 1. The average molecular weight is 307 g/mol. The van der Waals surface area contributed by atoms with Crippen molar-refractivity contribution in [3.8, 4) is 5.75 Å². The van der Waals surface area contributed by atoms with Gasteiger partial charge in [-0.15, -0.1) is 0 Å². The van der Waals surface area contributed by atoms with Crippen LogP contribution in [0.2, 0.25) is 0 Å². The lowest BCUT2D eigenvalue weighted by Gasteiger charge is -2.20. The smallest absolute Gasteiger partial charge is 0.303 e. The number of carbonyl (C=O) groups excluding carboxylic acids is 1. The number of amides is 1. The van der Waals surface area contributed by atoms with Crippen molar-refractivity contribution in [1.29, 1.82) is 0 Å². The normalized spacial score (nSPS) is 11.1. The standard InChI is InChI=1S/C17H25NO4/c1-5-10-22-14-8-6-12(7-9-15(19)20)11-13(14)18-16(21)17(2,3)4/h6,8,11H,5,7,9-10H2,1-4H3,(H,18,21)(H,19,20). The van der Waals surface area contributed by atoms with Crippen molar-refractivity contribution in [3.05, 3.63) is 23.8 Å². The first-order valence-corrected chi connectivity index (χ1v) is 7.53. The maximum absolute atomic E-state index is 12.2. The molecule has 0 aliphatic heterocycles. The Bertz CT molecular complexity index is 532. The highest BCUT2D eigenvalue weighted by Crippen LogP contribution is 2.28. The number of aryl methyl sites for hydroxylation is 1. The van der Waals surface area contributed by atoms with Gasteiger partial charge in [0.15, 0.2) is 0 Å². The summed E-state index contributed by atoms with van der Waals surface area (Å²) >= 11 is 0. The molecule has 0 saturated carbocycles. The summed E-state index contributed by atoms with van der Waals surface area (Å²) < 4.78 is 5.65. The number of anilines is 1. The first-order valence-electron chi connectivity index (χ1n) is 7.53. The van der Waals surface area contributed by atoms with Crippen molar-refractivity contribution < 1.29 is 19.4 Å². The number of ether oxygens (including phenoxy) is 1. The van der Waals surface area contributed by atoms with Crippen LogP contribution >= 0.6 is 0 Å². The van der Waals surface area contributed by atoms with Gasteiger partial charge in [0, 0.05) is 11.8 Å². The molecule has 0 spiro atoms. The van der Waals surface area contributed by atoms with Crippen LogP contribution in [0.15, 0.2) is 18.2 Å². The summed E-state index contributed by atoms with van der Waals surface area (Å²) in [6.07, 6.45) is 1.34. The number of carbonyl (C=O) groups is 2. The third-order valence-electron chi connectivity index (χ3n) is 3.06. The van der Waals surface area contributed by atoms with E-state index in [0.717, 1.165) is 12.0 Å². The highest BCUT2D eigenvalue weighted by molar-refractivity contribution is 5.95. The molecule has 0 unspecified atom stereocenters. The summed E-state index contributed by atoms with van der Waals surface area (Å²) in [6, 6.07) is 5.41. The fraction of sp³-hybridized carbons (Fsp3) is 0.529. The third kappa shape index (κ3) is 5.76. The molecule has 0 aromatic heterocycles. The van der Waals surface area contributed by atoms with Gasteiger partial charge in [-0.3, -0.25) is 9.59 Å². The van der Waals surface area contributed by atoms with E-state index in [1.54, 1.807) is 12.1 Å². The lowest BCUT2D eigenvalue weighted by atomic mass is 9.95. The molecule has 0 saturated heterocycles. The summed E-state index contributed by atoms with van der Waals surface area (Å²) in [5.41, 5.74) is 0.936. The minimum atomic E-state index is -0.841. The summed E-state index contributed by atoms with van der Waals surface area (Å²) in [5.74, 6) is -0.339. The maximum atomic E-state index is 12.2. The molecule has 0 fully saturated rings. The van der Waals surface area contributed by atoms with Crippen LogP contribution in [0.4, 0.5) is 5.69 Å². The summed E-state index contributed by atoms with van der Waals surface area (Å²) in [6.45, 7) is 8.08. The molecule has 22 heavy (non-hydrogen) atoms. The number of carboxylic acid groups (broad SMARTS) is 1. The van der Waals surface area contributed by atoms with Crippen molar-refractivity contribution in [2.45, 2.75) is 47.0 Å². The van der Waals surface area contributed by atoms with E-state index in [1.165, 1.54) is 0 Å². The van der Waals surface area contributed by atoms with Gasteiger partial charge in [-0.25, -0.2) is 0 Å². The van der Waals surface area contributed by atoms with Crippen molar-refractivity contribution in [2.24, 2.45) is 5.41 Å². The molecule has 1 aromatic rings. The zero-order chi connectivity index (χ0) is 16.8. The number of hydrogen-bond donors (Lipinski definition) is 2. The van der Waals surface area contributed by atoms with Gasteiger partial charge in [0.1, 0.15) is 5.75 Å². The molecular formula is C17H25NO4. The highest BCUT2D eigenvalue weighted by atomic mass is 16.5. The Balaban J connectivity index is 2.98. The third-order valence-corrected chi connectivity index (χ3v) is 3.06. The van der Waals surface area contributed by atoms with Gasteiger partial charge in [-0.2, -0.15) is 0 Å². The van der Waals surface area contributed by atoms with Gasteiger partial charge in [0.05, 0.1) is 12.3 Å². The van der Waals surface area contributed by atoms with Crippen molar-refractivity contribution in [1.82, 2.24) is 0 Å². The van der Waals surface area contributed by atoms with E-state index < -0.39 is 11.4 Å². The number of carboxylic acids is 1. The molecule has 1 aromatic carbocycles. The predicted molar refractivity (Wildman–Crippen MR) is 86.3 cm³/mol. The monoisotopic (exact) mass is 307 g/mol. The molecule has 5 nitrogen and oxygen atoms in total. The molecule has 0 heterocycles. The zero-order valence-electron chi connectivity index (χ0n) is 13.7. The predicted octanol–water partition coefficient (Wildman–Crippen LogP) is 3.48. The van der Waals surface area contributed by atoms with Crippen LogP contribution in [0.5, 0.6) is 5.75 Å². The van der Waals surface area contributed by atoms with Crippen LogP contribution in [0.3, 0.4) is 0 Å². The zero-order valence-corrected chi connectivity index (χ0v) is 13.7. The molecule has 0 aliphatic carbocycles. The van der Waals surface area contributed by atoms with Gasteiger partial charge in [0.25, 0.3) is 0 Å². The van der Waals surface area contributed by atoms with Gasteiger partial charge in [-0.05, 0) is 30.5 Å². The Morgan fingerprint density at radius 2 is 1.95 bits per heavy atom. The lowest BCUT2D eigenvalue weighted by Crippen LogP contribution is -2.27. The van der Waals surface area contributed by atoms with E-state index in [0.29, 0.717) is 24.5 Å². The molecule has 0 bridgehead atoms. The summed E-state index contributed by atoms with van der Waals surface area (Å²) in [7, 11) is 0. The molecule has 0 aliphatic rings. The average Bonchev–Trinajstić information content (AvgIpc) is 2.43. The minimum Gasteiger partial charge on any atom is -0.491 e. The van der Waals surface area contributed by atoms with Gasteiger partial charge < -0.3 is 15.2 Å². The summed E-state index contributed by atoms with van der Waals surface area (Å²) in [5, 5.41) is 11.6. The fourth-order valence-electron chi connectivity index (χ4n) is 1.73. The second kappa shape index (κ2) is 7.82. The van der Waals surface area contributed by atoms with Gasteiger partial charge in [0.2, 0.25) is 5.91 Å². The van der Waals surface area contributed by atoms with Crippen LogP contribution in [0.1, 0.15) is 46.1 Å². The Labute approximate surface area is 131 Å². The molecule has 2 N–H and O–H groups in total. The quantitative estimate of drug-likeness (QED) is 0.808. The molecule has 0 radical (unpaired) electrons. The van der Waals surface area contributed by atoms with Crippen LogP contribution < -0.4 is 10.1 Å². The molecule has 0 atom stereocenters. The van der Waals surface area contributed by atoms with Crippen LogP contribution in [-0.4, -0.2) is 23.6 Å². The Hall–Kier alpha value is -2.04. The molecule has 1 rings (SSSR count). The SMILES string of the molecule is CCCOc1ccc(CCC(=O)O)cc1NC(=O)C(C)(C)C. The van der Waals surface area contributed by atoms with Crippen molar-refractivity contribution in [2.75, 3.05) is 11.9 Å². The number of benzene rings is 1. The van der Waals surface area contributed by atoms with E-state index in [4.69, 9.17) is 9.84 Å². The highest BCUT2D eigenvalue weighted by Gasteiger charge is 2.22. The van der Waals surface area contributed by atoms with Crippen LogP contribution in [0.25, 0.3) is 0 Å². The maximum Gasteiger partial charge on any atom is 0.303 e. The van der Waals surface area contributed by atoms with E-state index >= 15 is 0 Å². The largest absolute Gasteiger partial charge is 0.491 e. The first-order chi connectivity index (χ1) is 10.2. The minimum absolute atomic E-state index is 0.0574. The Kier molecular flexibility index (Phi) is 6.40. The van der Waals surface area contributed by atoms with E-state index in [1.807, 2.05) is 33.8 Å². The Morgan fingerprint density at radius 3 is 2.50 bits per heavy atom. The van der Waals surface area contributed by atoms with Gasteiger partial charge in [-0.1, -0.05) is 33.8 Å². The van der Waals surface area contributed by atoms with E-state index in [9.17, 15) is 9.59 Å². The molecule has 122 valence electrons.